The molecule has 1 N–H and O–H groups in total. The van der Waals surface area contributed by atoms with Gasteiger partial charge in [-0.3, -0.25) is 9.59 Å². The highest BCUT2D eigenvalue weighted by molar-refractivity contribution is 7.89. The first-order valence-electron chi connectivity index (χ1n) is 8.64. The lowest BCUT2D eigenvalue weighted by atomic mass is 10.2. The molecule has 13 heteroatoms. The standard InChI is InChI=1S/C16H19ClF3N3O5S/c1-2-6-29(26,27)23-5-3-4-12(23)15(25)28-9-13(24)22-14-11(17)7-10(8-21-14)16(18,19)20/h7-8,12H,2-6,9H2,1H3,(H,21,22,24). The topological polar surface area (TPSA) is 106 Å². The molecule has 0 aromatic carbocycles. The van der Waals surface area contributed by atoms with E-state index < -0.39 is 51.3 Å². The molecule has 1 fully saturated rings. The number of aromatic nitrogens is 1. The fraction of sp³-hybridized carbons (Fsp3) is 0.562. The van der Waals surface area contributed by atoms with E-state index in [1.807, 2.05) is 0 Å². The Morgan fingerprint density at radius 2 is 2.10 bits per heavy atom. The molecule has 1 aliphatic rings. The van der Waals surface area contributed by atoms with Crippen molar-refractivity contribution in [2.45, 2.75) is 38.4 Å². The smallest absolute Gasteiger partial charge is 0.417 e. The van der Waals surface area contributed by atoms with Crippen molar-refractivity contribution in [3.8, 4) is 0 Å². The zero-order chi connectivity index (χ0) is 21.8. The Hall–Kier alpha value is -1.92. The number of sulfonamides is 1. The van der Waals surface area contributed by atoms with Crippen LogP contribution in [0.25, 0.3) is 0 Å². The number of amides is 1. The van der Waals surface area contributed by atoms with Gasteiger partial charge in [0, 0.05) is 12.7 Å². The van der Waals surface area contributed by atoms with Crippen LogP contribution in [0.5, 0.6) is 0 Å². The Bertz CT molecular complexity index is 879. The third-order valence-corrected chi connectivity index (χ3v) is 6.43. The van der Waals surface area contributed by atoms with E-state index in [1.165, 1.54) is 0 Å². The number of rotatable bonds is 7. The van der Waals surface area contributed by atoms with Gasteiger partial charge in [-0.05, 0) is 25.3 Å². The number of ether oxygens (including phenoxy) is 1. The van der Waals surface area contributed by atoms with Gasteiger partial charge in [0.25, 0.3) is 5.91 Å². The second-order valence-corrected chi connectivity index (χ2v) is 8.74. The number of halogens is 4. The number of nitrogens with one attached hydrogen (secondary N) is 1. The molecule has 2 rings (SSSR count). The molecule has 1 aliphatic heterocycles. The summed E-state index contributed by atoms with van der Waals surface area (Å²) in [6.45, 7) is 1.13. The number of hydrogen-bond acceptors (Lipinski definition) is 6. The molecule has 29 heavy (non-hydrogen) atoms. The van der Waals surface area contributed by atoms with Gasteiger partial charge in [0.15, 0.2) is 12.4 Å². The second kappa shape index (κ2) is 9.26. The first-order valence-corrected chi connectivity index (χ1v) is 10.6. The summed E-state index contributed by atoms with van der Waals surface area (Å²) in [5, 5.41) is 1.70. The lowest BCUT2D eigenvalue weighted by Crippen LogP contribution is -2.43. The van der Waals surface area contributed by atoms with Crippen LogP contribution >= 0.6 is 11.6 Å². The van der Waals surface area contributed by atoms with Crippen LogP contribution in [0.1, 0.15) is 31.7 Å². The van der Waals surface area contributed by atoms with Crippen molar-refractivity contribution in [3.05, 3.63) is 22.8 Å². The minimum Gasteiger partial charge on any atom is -0.454 e. The van der Waals surface area contributed by atoms with Crippen molar-refractivity contribution < 1.29 is 35.9 Å². The molecule has 1 saturated heterocycles. The van der Waals surface area contributed by atoms with E-state index in [4.69, 9.17) is 16.3 Å². The maximum atomic E-state index is 12.6. The molecule has 1 atom stereocenters. The summed E-state index contributed by atoms with van der Waals surface area (Å²) in [5.41, 5.74) is -1.08. The van der Waals surface area contributed by atoms with Crippen molar-refractivity contribution in [1.29, 1.82) is 0 Å². The fourth-order valence-corrected chi connectivity index (χ4v) is 4.72. The van der Waals surface area contributed by atoms with Crippen LogP contribution < -0.4 is 5.32 Å². The summed E-state index contributed by atoms with van der Waals surface area (Å²) in [7, 11) is -3.60. The van der Waals surface area contributed by atoms with Gasteiger partial charge >= 0.3 is 12.1 Å². The Morgan fingerprint density at radius 1 is 1.41 bits per heavy atom. The van der Waals surface area contributed by atoms with Crippen molar-refractivity contribution >= 4 is 39.3 Å². The third-order valence-electron chi connectivity index (χ3n) is 4.07. The predicted molar refractivity (Wildman–Crippen MR) is 97.6 cm³/mol. The second-order valence-electron chi connectivity index (χ2n) is 6.29. The van der Waals surface area contributed by atoms with E-state index in [-0.39, 0.29) is 24.5 Å². The number of pyridine rings is 1. The van der Waals surface area contributed by atoms with Gasteiger partial charge in [0.1, 0.15) is 6.04 Å². The normalized spacial score (nSPS) is 17.9. The Balaban J connectivity index is 1.94. The zero-order valence-corrected chi connectivity index (χ0v) is 16.9. The molecule has 162 valence electrons. The summed E-state index contributed by atoms with van der Waals surface area (Å²) < 4.78 is 68.1. The number of esters is 1. The summed E-state index contributed by atoms with van der Waals surface area (Å²) in [5.74, 6) is -2.18. The lowest BCUT2D eigenvalue weighted by molar-refractivity contribution is -0.150. The van der Waals surface area contributed by atoms with E-state index in [0.29, 0.717) is 25.1 Å². The molecule has 1 aromatic heterocycles. The molecule has 1 unspecified atom stereocenters. The highest BCUT2D eigenvalue weighted by atomic mass is 35.5. The average molecular weight is 458 g/mol. The van der Waals surface area contributed by atoms with Crippen LogP contribution in [0.2, 0.25) is 5.02 Å². The Labute approximate surface area is 170 Å². The maximum absolute atomic E-state index is 12.6. The summed E-state index contributed by atoms with van der Waals surface area (Å²) >= 11 is 5.69. The molecule has 0 spiro atoms. The number of alkyl halides is 3. The first-order chi connectivity index (χ1) is 13.5. The van der Waals surface area contributed by atoms with Crippen LogP contribution in [0.3, 0.4) is 0 Å². The number of nitrogens with zero attached hydrogens (tertiary/aromatic N) is 2. The summed E-state index contributed by atoms with van der Waals surface area (Å²) in [4.78, 5) is 27.6. The molecule has 1 amide bonds. The minimum absolute atomic E-state index is 0.102. The van der Waals surface area contributed by atoms with Gasteiger partial charge in [0.05, 0.1) is 16.3 Å². The van der Waals surface area contributed by atoms with Crippen LogP contribution in [0, 0.1) is 0 Å². The van der Waals surface area contributed by atoms with E-state index in [9.17, 15) is 31.2 Å². The molecule has 0 radical (unpaired) electrons. The number of carbonyl (C=O) groups excluding carboxylic acids is 2. The monoisotopic (exact) mass is 457 g/mol. The average Bonchev–Trinajstić information content (AvgIpc) is 3.11. The summed E-state index contributed by atoms with van der Waals surface area (Å²) in [6.07, 6.45) is -2.98. The molecule has 0 bridgehead atoms. The third kappa shape index (κ3) is 6.03. The first kappa shape index (κ1) is 23.4. The van der Waals surface area contributed by atoms with Gasteiger partial charge in [-0.15, -0.1) is 0 Å². The molecular formula is C16H19ClF3N3O5S. The van der Waals surface area contributed by atoms with Gasteiger partial charge in [0.2, 0.25) is 10.0 Å². The fourth-order valence-electron chi connectivity index (χ4n) is 2.77. The number of anilines is 1. The van der Waals surface area contributed by atoms with Gasteiger partial charge in [-0.1, -0.05) is 18.5 Å². The van der Waals surface area contributed by atoms with Crippen LogP contribution in [0.4, 0.5) is 19.0 Å². The van der Waals surface area contributed by atoms with Crippen molar-refractivity contribution in [1.82, 2.24) is 9.29 Å². The van der Waals surface area contributed by atoms with Crippen LogP contribution in [-0.4, -0.2) is 54.5 Å². The Morgan fingerprint density at radius 3 is 2.69 bits per heavy atom. The highest BCUT2D eigenvalue weighted by Crippen LogP contribution is 2.32. The largest absolute Gasteiger partial charge is 0.454 e. The molecule has 0 aliphatic carbocycles. The molecular weight excluding hydrogens is 439 g/mol. The van der Waals surface area contributed by atoms with Crippen molar-refractivity contribution in [3.63, 3.8) is 0 Å². The molecule has 8 nitrogen and oxygen atoms in total. The number of carbonyl (C=O) groups is 2. The van der Waals surface area contributed by atoms with Gasteiger partial charge < -0.3 is 10.1 Å². The van der Waals surface area contributed by atoms with E-state index in [1.54, 1.807) is 6.92 Å². The minimum atomic E-state index is -4.64. The summed E-state index contributed by atoms with van der Waals surface area (Å²) in [6, 6.07) is -0.405. The Kier molecular flexibility index (Phi) is 7.46. The highest BCUT2D eigenvalue weighted by Gasteiger charge is 2.39. The quantitative estimate of drug-likeness (QED) is 0.630. The zero-order valence-electron chi connectivity index (χ0n) is 15.3. The molecule has 1 aromatic rings. The van der Waals surface area contributed by atoms with E-state index >= 15 is 0 Å². The van der Waals surface area contributed by atoms with Crippen LogP contribution in [-0.2, 0) is 30.5 Å². The maximum Gasteiger partial charge on any atom is 0.417 e. The van der Waals surface area contributed by atoms with Gasteiger partial charge in [-0.25, -0.2) is 13.4 Å². The SMILES string of the molecule is CCCS(=O)(=O)N1CCCC1C(=O)OCC(=O)Nc1ncc(C(F)(F)F)cc1Cl. The van der Waals surface area contributed by atoms with Crippen molar-refractivity contribution in [2.24, 2.45) is 0 Å². The van der Waals surface area contributed by atoms with Crippen LogP contribution in [0.15, 0.2) is 12.3 Å². The van der Waals surface area contributed by atoms with Crippen molar-refractivity contribution in [2.75, 3.05) is 24.2 Å². The number of hydrogen-bond donors (Lipinski definition) is 1. The molecule has 0 saturated carbocycles. The lowest BCUT2D eigenvalue weighted by Gasteiger charge is -2.22. The predicted octanol–water partition coefficient (Wildman–Crippen LogP) is 2.44. The van der Waals surface area contributed by atoms with Gasteiger partial charge in [-0.2, -0.15) is 17.5 Å². The molecule has 2 heterocycles. The van der Waals surface area contributed by atoms with E-state index in [0.717, 1.165) is 4.31 Å². The van der Waals surface area contributed by atoms with E-state index in [2.05, 4.69) is 10.3 Å².